The topological polar surface area (TPSA) is 42.0 Å². The number of rotatable bonds is 4. The van der Waals surface area contributed by atoms with Gasteiger partial charge in [0.2, 0.25) is 5.91 Å². The number of hydrogen-bond acceptors (Lipinski definition) is 4. The summed E-state index contributed by atoms with van der Waals surface area (Å²) in [4.78, 5) is 16.2. The molecule has 18 heavy (non-hydrogen) atoms. The Labute approximate surface area is 119 Å². The third kappa shape index (κ3) is 3.73. The smallest absolute Gasteiger partial charge is 0.223 e. The summed E-state index contributed by atoms with van der Waals surface area (Å²) in [6.45, 7) is 1.47. The molecule has 6 heteroatoms. The normalized spacial score (nSPS) is 10.3. The Hall–Kier alpha value is -1.04. The lowest BCUT2D eigenvalue weighted by atomic mass is 10.4. The zero-order valence-corrected chi connectivity index (χ0v) is 12.0. The van der Waals surface area contributed by atoms with Crippen molar-refractivity contribution < 1.29 is 4.79 Å². The highest BCUT2D eigenvalue weighted by Crippen LogP contribution is 2.30. The van der Waals surface area contributed by atoms with Crippen LogP contribution in [0, 0.1) is 0 Å². The number of amides is 1. The maximum absolute atomic E-state index is 10.9. The van der Waals surface area contributed by atoms with Crippen molar-refractivity contribution in [2.75, 3.05) is 5.32 Å². The highest BCUT2D eigenvalue weighted by atomic mass is 35.5. The molecule has 1 aromatic heterocycles. The summed E-state index contributed by atoms with van der Waals surface area (Å²) >= 11 is 9.13. The summed E-state index contributed by atoms with van der Waals surface area (Å²) < 4.78 is 0. The van der Waals surface area contributed by atoms with Gasteiger partial charge >= 0.3 is 0 Å². The van der Waals surface area contributed by atoms with Crippen molar-refractivity contribution in [3.63, 3.8) is 0 Å². The van der Waals surface area contributed by atoms with Gasteiger partial charge in [-0.05, 0) is 12.1 Å². The molecule has 0 fully saturated rings. The van der Waals surface area contributed by atoms with Gasteiger partial charge in [-0.15, -0.1) is 23.1 Å². The molecule has 0 aliphatic heterocycles. The standard InChI is InChI=1S/C12H11ClN2OS2/c1-8(16)14-12-15-9(7-18-12)6-17-11-5-3-2-4-10(11)13/h2-5,7H,6H2,1H3,(H,14,15,16). The molecule has 94 valence electrons. The molecule has 2 aromatic rings. The Morgan fingerprint density at radius 2 is 2.28 bits per heavy atom. The summed E-state index contributed by atoms with van der Waals surface area (Å²) in [5.41, 5.74) is 0.939. The first kappa shape index (κ1) is 13.4. The molecular formula is C12H11ClN2OS2. The number of carbonyl (C=O) groups is 1. The van der Waals surface area contributed by atoms with Gasteiger partial charge in [0.1, 0.15) is 0 Å². The Bertz CT molecular complexity index is 557. The second kappa shape index (κ2) is 6.22. The Morgan fingerprint density at radius 3 is 3.00 bits per heavy atom. The fourth-order valence-electron chi connectivity index (χ4n) is 1.29. The molecule has 0 aliphatic carbocycles. The number of halogens is 1. The van der Waals surface area contributed by atoms with E-state index in [1.54, 1.807) is 11.8 Å². The van der Waals surface area contributed by atoms with E-state index in [9.17, 15) is 4.79 Å². The molecule has 0 spiro atoms. The first-order valence-electron chi connectivity index (χ1n) is 5.24. The number of thioether (sulfide) groups is 1. The minimum Gasteiger partial charge on any atom is -0.302 e. The van der Waals surface area contributed by atoms with Crippen LogP contribution in [-0.4, -0.2) is 10.9 Å². The molecular weight excluding hydrogens is 288 g/mol. The highest BCUT2D eigenvalue weighted by molar-refractivity contribution is 7.98. The molecule has 0 bridgehead atoms. The molecule has 0 saturated heterocycles. The fraction of sp³-hybridized carbons (Fsp3) is 0.167. The van der Waals surface area contributed by atoms with Crippen LogP contribution in [0.4, 0.5) is 5.13 Å². The lowest BCUT2D eigenvalue weighted by Gasteiger charge is -2.01. The van der Waals surface area contributed by atoms with Crippen molar-refractivity contribution in [3.05, 3.63) is 40.4 Å². The number of hydrogen-bond donors (Lipinski definition) is 1. The molecule has 0 saturated carbocycles. The molecule has 3 nitrogen and oxygen atoms in total. The van der Waals surface area contributed by atoms with Crippen LogP contribution in [0.1, 0.15) is 12.6 Å². The van der Waals surface area contributed by atoms with Crippen molar-refractivity contribution in [1.29, 1.82) is 0 Å². The first-order valence-corrected chi connectivity index (χ1v) is 7.49. The fourth-order valence-corrected chi connectivity index (χ4v) is 3.29. The van der Waals surface area contributed by atoms with Crippen molar-refractivity contribution in [2.45, 2.75) is 17.6 Å². The molecule has 2 rings (SSSR count). The molecule has 0 unspecified atom stereocenters. The number of anilines is 1. The van der Waals surface area contributed by atoms with E-state index < -0.39 is 0 Å². The number of aromatic nitrogens is 1. The van der Waals surface area contributed by atoms with E-state index in [1.165, 1.54) is 18.3 Å². The van der Waals surface area contributed by atoms with E-state index in [4.69, 9.17) is 11.6 Å². The van der Waals surface area contributed by atoms with E-state index in [-0.39, 0.29) is 5.91 Å². The summed E-state index contributed by atoms with van der Waals surface area (Å²) in [6, 6.07) is 7.71. The Morgan fingerprint density at radius 1 is 1.50 bits per heavy atom. The van der Waals surface area contributed by atoms with Gasteiger partial charge in [-0.1, -0.05) is 23.7 Å². The van der Waals surface area contributed by atoms with Gasteiger partial charge in [0.05, 0.1) is 10.7 Å². The van der Waals surface area contributed by atoms with E-state index in [0.29, 0.717) is 5.13 Å². The van der Waals surface area contributed by atoms with Gasteiger partial charge in [0.25, 0.3) is 0 Å². The second-order valence-corrected chi connectivity index (χ2v) is 5.83. The second-order valence-electron chi connectivity index (χ2n) is 3.54. The van der Waals surface area contributed by atoms with E-state index in [2.05, 4.69) is 10.3 Å². The molecule has 1 N–H and O–H groups in total. The molecule has 1 aromatic carbocycles. The predicted octanol–water partition coefficient (Wildman–Crippen LogP) is 4.05. The van der Waals surface area contributed by atoms with Crippen LogP contribution in [0.3, 0.4) is 0 Å². The molecule has 0 radical (unpaired) electrons. The van der Waals surface area contributed by atoms with Crippen LogP contribution in [0.5, 0.6) is 0 Å². The van der Waals surface area contributed by atoms with E-state index in [1.807, 2.05) is 29.6 Å². The lowest BCUT2D eigenvalue weighted by molar-refractivity contribution is -0.114. The first-order chi connectivity index (χ1) is 8.65. The van der Waals surface area contributed by atoms with Gasteiger partial charge in [0.15, 0.2) is 5.13 Å². The maximum atomic E-state index is 10.9. The minimum atomic E-state index is -0.102. The van der Waals surface area contributed by atoms with Crippen molar-refractivity contribution in [2.24, 2.45) is 0 Å². The van der Waals surface area contributed by atoms with Crippen LogP contribution < -0.4 is 5.32 Å². The quantitative estimate of drug-likeness (QED) is 0.866. The minimum absolute atomic E-state index is 0.102. The largest absolute Gasteiger partial charge is 0.302 e. The predicted molar refractivity (Wildman–Crippen MR) is 77.4 cm³/mol. The number of nitrogens with one attached hydrogen (secondary N) is 1. The SMILES string of the molecule is CC(=O)Nc1nc(CSc2ccccc2Cl)cs1. The van der Waals surface area contributed by atoms with Gasteiger partial charge in [0, 0.05) is 23.0 Å². The van der Waals surface area contributed by atoms with Gasteiger partial charge in [-0.2, -0.15) is 0 Å². The van der Waals surface area contributed by atoms with Gasteiger partial charge in [-0.3, -0.25) is 4.79 Å². The Balaban J connectivity index is 1.96. The van der Waals surface area contributed by atoms with Crippen molar-refractivity contribution in [3.8, 4) is 0 Å². The number of nitrogens with zero attached hydrogens (tertiary/aromatic N) is 1. The zero-order chi connectivity index (χ0) is 13.0. The number of thiazole rings is 1. The van der Waals surface area contributed by atoms with Crippen LogP contribution >= 0.6 is 34.7 Å². The summed E-state index contributed by atoms with van der Waals surface area (Å²) in [6.07, 6.45) is 0. The summed E-state index contributed by atoms with van der Waals surface area (Å²) in [5, 5.41) is 5.99. The number of carbonyl (C=O) groups excluding carboxylic acids is 1. The molecule has 0 aliphatic rings. The van der Waals surface area contributed by atoms with Crippen LogP contribution in [0.2, 0.25) is 5.02 Å². The lowest BCUT2D eigenvalue weighted by Crippen LogP contribution is -2.05. The Kier molecular flexibility index (Phi) is 4.63. The summed E-state index contributed by atoms with van der Waals surface area (Å²) in [7, 11) is 0. The van der Waals surface area contributed by atoms with Gasteiger partial charge < -0.3 is 5.32 Å². The van der Waals surface area contributed by atoms with E-state index in [0.717, 1.165) is 21.4 Å². The third-order valence-corrected chi connectivity index (χ3v) is 4.40. The zero-order valence-electron chi connectivity index (χ0n) is 9.64. The molecule has 0 atom stereocenters. The van der Waals surface area contributed by atoms with Crippen LogP contribution in [-0.2, 0) is 10.5 Å². The molecule has 1 heterocycles. The molecule has 1 amide bonds. The van der Waals surface area contributed by atoms with Crippen molar-refractivity contribution >= 4 is 45.7 Å². The van der Waals surface area contributed by atoms with Crippen molar-refractivity contribution in [1.82, 2.24) is 4.98 Å². The van der Waals surface area contributed by atoms with Crippen LogP contribution in [0.15, 0.2) is 34.5 Å². The van der Waals surface area contributed by atoms with Gasteiger partial charge in [-0.25, -0.2) is 4.98 Å². The average Bonchev–Trinajstić information content (AvgIpc) is 2.75. The average molecular weight is 299 g/mol. The number of benzene rings is 1. The highest BCUT2D eigenvalue weighted by Gasteiger charge is 2.05. The monoisotopic (exact) mass is 298 g/mol. The summed E-state index contributed by atoms with van der Waals surface area (Å²) in [5.74, 6) is 0.634. The maximum Gasteiger partial charge on any atom is 0.223 e. The third-order valence-electron chi connectivity index (χ3n) is 2.05. The van der Waals surface area contributed by atoms with E-state index >= 15 is 0 Å². The van der Waals surface area contributed by atoms with Crippen LogP contribution in [0.25, 0.3) is 0 Å².